The molecule has 1 unspecified atom stereocenters. The highest BCUT2D eigenvalue weighted by Gasteiger charge is 2.36. The zero-order chi connectivity index (χ0) is 22.6. The topological polar surface area (TPSA) is 68.5 Å². The second kappa shape index (κ2) is 9.24. The molecule has 0 radical (unpaired) electrons. The second-order valence-electron chi connectivity index (χ2n) is 7.92. The first-order valence-corrected chi connectivity index (χ1v) is 10.8. The van der Waals surface area contributed by atoms with Gasteiger partial charge in [0, 0.05) is 24.1 Å². The van der Waals surface area contributed by atoms with Crippen molar-refractivity contribution in [3.8, 4) is 17.1 Å². The summed E-state index contributed by atoms with van der Waals surface area (Å²) in [6.07, 6.45) is 0.922. The van der Waals surface area contributed by atoms with E-state index in [0.29, 0.717) is 36.7 Å². The molecule has 1 aliphatic heterocycles. The first kappa shape index (κ1) is 20.9. The van der Waals surface area contributed by atoms with E-state index in [2.05, 4.69) is 10.1 Å². The first-order valence-electron chi connectivity index (χ1n) is 10.8. The molecule has 2 heterocycles. The number of nitrogens with zero attached hydrogens (tertiary/aromatic N) is 3. The van der Waals surface area contributed by atoms with E-state index in [1.54, 1.807) is 23.1 Å². The van der Waals surface area contributed by atoms with Crippen LogP contribution in [0.2, 0.25) is 0 Å². The van der Waals surface area contributed by atoms with Gasteiger partial charge in [0.2, 0.25) is 17.6 Å². The summed E-state index contributed by atoms with van der Waals surface area (Å²) in [6, 6.07) is 23.5. The molecule has 166 valence electrons. The Labute approximate surface area is 190 Å². The van der Waals surface area contributed by atoms with Crippen LogP contribution in [-0.2, 0) is 17.9 Å². The second-order valence-corrected chi connectivity index (χ2v) is 7.92. The number of ether oxygens (including phenoxy) is 1. The quantitative estimate of drug-likeness (QED) is 0.387. The van der Waals surface area contributed by atoms with Crippen molar-refractivity contribution in [3.05, 3.63) is 102 Å². The van der Waals surface area contributed by atoms with Gasteiger partial charge in [0.1, 0.15) is 24.2 Å². The van der Waals surface area contributed by atoms with Gasteiger partial charge < -0.3 is 14.2 Å². The monoisotopic (exact) mass is 443 g/mol. The first-order chi connectivity index (χ1) is 16.2. The van der Waals surface area contributed by atoms with Crippen molar-refractivity contribution in [3.63, 3.8) is 0 Å². The molecular weight excluding hydrogens is 421 g/mol. The highest BCUT2D eigenvalue weighted by Crippen LogP contribution is 2.34. The summed E-state index contributed by atoms with van der Waals surface area (Å²) < 4.78 is 25.4. The molecule has 1 atom stereocenters. The van der Waals surface area contributed by atoms with Gasteiger partial charge in [-0.15, -0.1) is 0 Å². The molecule has 0 saturated carbocycles. The van der Waals surface area contributed by atoms with Crippen molar-refractivity contribution in [1.29, 1.82) is 0 Å². The minimum Gasteiger partial charge on any atom is -0.489 e. The average molecular weight is 443 g/mol. The van der Waals surface area contributed by atoms with Gasteiger partial charge in [0.15, 0.2) is 0 Å². The molecule has 0 bridgehead atoms. The highest BCUT2D eigenvalue weighted by atomic mass is 19.1. The molecule has 3 aromatic carbocycles. The van der Waals surface area contributed by atoms with E-state index in [1.807, 2.05) is 54.6 Å². The lowest BCUT2D eigenvalue weighted by atomic mass is 10.1. The van der Waals surface area contributed by atoms with Crippen LogP contribution >= 0.6 is 0 Å². The van der Waals surface area contributed by atoms with Crippen molar-refractivity contribution < 1.29 is 18.4 Å². The molecule has 1 saturated heterocycles. The molecule has 1 fully saturated rings. The summed E-state index contributed by atoms with van der Waals surface area (Å²) in [5, 5.41) is 4.10. The van der Waals surface area contributed by atoms with Crippen LogP contribution < -0.4 is 4.74 Å². The van der Waals surface area contributed by atoms with Crippen LogP contribution in [0.4, 0.5) is 4.39 Å². The van der Waals surface area contributed by atoms with Crippen LogP contribution in [0, 0.1) is 5.82 Å². The molecule has 33 heavy (non-hydrogen) atoms. The molecule has 6 nitrogen and oxygen atoms in total. The molecule has 4 aromatic rings. The number of likely N-dealkylation sites (tertiary alicyclic amines) is 1. The van der Waals surface area contributed by atoms with Crippen LogP contribution in [0.3, 0.4) is 0 Å². The van der Waals surface area contributed by atoms with Crippen molar-refractivity contribution in [2.75, 3.05) is 0 Å². The van der Waals surface area contributed by atoms with E-state index >= 15 is 0 Å². The summed E-state index contributed by atoms with van der Waals surface area (Å²) in [5.74, 6) is 1.14. The molecule has 0 N–H and O–H groups in total. The fourth-order valence-electron chi connectivity index (χ4n) is 3.93. The number of carbonyl (C=O) groups excluding carboxylic acids is 1. The molecule has 1 aromatic heterocycles. The van der Waals surface area contributed by atoms with Crippen LogP contribution in [0.25, 0.3) is 11.4 Å². The maximum atomic E-state index is 14.1. The molecular formula is C26H22FN3O3. The third-order valence-electron chi connectivity index (χ3n) is 5.71. The Morgan fingerprint density at radius 1 is 1.00 bits per heavy atom. The largest absolute Gasteiger partial charge is 0.489 e. The lowest BCUT2D eigenvalue weighted by Crippen LogP contribution is -2.27. The number of amides is 1. The predicted octanol–water partition coefficient (Wildman–Crippen LogP) is 5.32. The van der Waals surface area contributed by atoms with E-state index in [1.165, 1.54) is 6.07 Å². The highest BCUT2D eigenvalue weighted by molar-refractivity contribution is 5.78. The average Bonchev–Trinajstić information content (AvgIpc) is 3.47. The normalized spacial score (nSPS) is 15.7. The smallest absolute Gasteiger partial charge is 0.249 e. The zero-order valence-corrected chi connectivity index (χ0v) is 17.9. The number of rotatable bonds is 7. The number of benzene rings is 3. The van der Waals surface area contributed by atoms with Gasteiger partial charge in [-0.2, -0.15) is 4.98 Å². The predicted molar refractivity (Wildman–Crippen MR) is 119 cm³/mol. The summed E-state index contributed by atoms with van der Waals surface area (Å²) in [5.41, 5.74) is 2.33. The van der Waals surface area contributed by atoms with E-state index < -0.39 is 0 Å². The van der Waals surface area contributed by atoms with E-state index in [0.717, 1.165) is 16.9 Å². The Hall–Kier alpha value is -4.00. The fourth-order valence-corrected chi connectivity index (χ4v) is 3.93. The standard InChI is InChI=1S/C26H22FN3O3/c27-22-9-5-4-8-20(22)16-30-23(14-15-24(30)31)26-28-25(29-33-26)19-10-12-21(13-11-19)32-17-18-6-2-1-3-7-18/h1-13,23H,14-17H2. The lowest BCUT2D eigenvalue weighted by molar-refractivity contribution is -0.130. The molecule has 0 aliphatic carbocycles. The minimum absolute atomic E-state index is 0.0529. The summed E-state index contributed by atoms with van der Waals surface area (Å²) in [6.45, 7) is 0.654. The number of hydrogen-bond acceptors (Lipinski definition) is 5. The van der Waals surface area contributed by atoms with Crippen LogP contribution in [0.5, 0.6) is 5.75 Å². The molecule has 7 heteroatoms. The molecule has 1 aliphatic rings. The van der Waals surface area contributed by atoms with Crippen molar-refractivity contribution in [2.24, 2.45) is 0 Å². The van der Waals surface area contributed by atoms with Crippen LogP contribution in [0.15, 0.2) is 83.4 Å². The lowest BCUT2D eigenvalue weighted by Gasteiger charge is -2.22. The van der Waals surface area contributed by atoms with E-state index in [9.17, 15) is 9.18 Å². The SMILES string of the molecule is O=C1CCC(c2nc(-c3ccc(OCc4ccccc4)cc3)no2)N1Cc1ccccc1F. The Morgan fingerprint density at radius 2 is 1.76 bits per heavy atom. The Kier molecular flexibility index (Phi) is 5.85. The number of aromatic nitrogens is 2. The van der Waals surface area contributed by atoms with Crippen molar-refractivity contribution >= 4 is 5.91 Å². The van der Waals surface area contributed by atoms with Gasteiger partial charge in [-0.1, -0.05) is 53.7 Å². The van der Waals surface area contributed by atoms with Gasteiger partial charge in [0.25, 0.3) is 0 Å². The molecule has 5 rings (SSSR count). The van der Waals surface area contributed by atoms with Gasteiger partial charge in [-0.25, -0.2) is 4.39 Å². The van der Waals surface area contributed by atoms with Gasteiger partial charge in [-0.3, -0.25) is 4.79 Å². The van der Waals surface area contributed by atoms with E-state index in [-0.39, 0.29) is 24.3 Å². The minimum atomic E-state index is -0.369. The number of hydrogen-bond donors (Lipinski definition) is 0. The fraction of sp³-hybridized carbons (Fsp3) is 0.192. The zero-order valence-electron chi connectivity index (χ0n) is 17.9. The third kappa shape index (κ3) is 4.62. The van der Waals surface area contributed by atoms with Gasteiger partial charge in [-0.05, 0) is 42.3 Å². The summed E-state index contributed by atoms with van der Waals surface area (Å²) >= 11 is 0. The van der Waals surface area contributed by atoms with Crippen LogP contribution in [0.1, 0.15) is 35.9 Å². The number of carbonyl (C=O) groups is 1. The number of halogens is 1. The van der Waals surface area contributed by atoms with Crippen LogP contribution in [-0.4, -0.2) is 20.9 Å². The Morgan fingerprint density at radius 3 is 2.55 bits per heavy atom. The van der Waals surface area contributed by atoms with E-state index in [4.69, 9.17) is 9.26 Å². The summed E-state index contributed by atoms with van der Waals surface area (Å²) in [4.78, 5) is 18.6. The molecule has 1 amide bonds. The maximum Gasteiger partial charge on any atom is 0.249 e. The Balaban J connectivity index is 1.28. The third-order valence-corrected chi connectivity index (χ3v) is 5.71. The van der Waals surface area contributed by atoms with Gasteiger partial charge >= 0.3 is 0 Å². The maximum absolute atomic E-state index is 14.1. The Bertz CT molecular complexity index is 1240. The molecule has 0 spiro atoms. The van der Waals surface area contributed by atoms with Crippen molar-refractivity contribution in [2.45, 2.75) is 32.0 Å². The van der Waals surface area contributed by atoms with Gasteiger partial charge in [0.05, 0.1) is 0 Å². The van der Waals surface area contributed by atoms with Crippen molar-refractivity contribution in [1.82, 2.24) is 15.0 Å². The summed E-state index contributed by atoms with van der Waals surface area (Å²) in [7, 11) is 0.